The lowest BCUT2D eigenvalue weighted by Crippen LogP contribution is -2.36. The molecule has 0 atom stereocenters. The molecule has 0 unspecified atom stereocenters. The van der Waals surface area contributed by atoms with Gasteiger partial charge in [0.15, 0.2) is 5.82 Å². The van der Waals surface area contributed by atoms with E-state index in [4.69, 9.17) is 9.47 Å². The number of ether oxygens (including phenoxy) is 2. The monoisotopic (exact) mass is 490 g/mol. The van der Waals surface area contributed by atoms with E-state index in [1.165, 1.54) is 0 Å². The van der Waals surface area contributed by atoms with E-state index in [2.05, 4.69) is 25.1 Å². The van der Waals surface area contributed by atoms with Crippen LogP contribution in [-0.4, -0.2) is 63.8 Å². The molecule has 10 nitrogen and oxygen atoms in total. The Kier molecular flexibility index (Phi) is 6.95. The summed E-state index contributed by atoms with van der Waals surface area (Å²) in [4.78, 5) is 32.2. The lowest BCUT2D eigenvalue weighted by atomic mass is 9.96. The first-order chi connectivity index (χ1) is 17.6. The van der Waals surface area contributed by atoms with Gasteiger partial charge in [-0.05, 0) is 54.7 Å². The third-order valence-electron chi connectivity index (χ3n) is 6.73. The Labute approximate surface area is 209 Å². The third kappa shape index (κ3) is 4.81. The Morgan fingerprint density at radius 3 is 2.78 bits per heavy atom. The van der Waals surface area contributed by atoms with Gasteiger partial charge in [-0.1, -0.05) is 6.07 Å². The van der Waals surface area contributed by atoms with Crippen molar-refractivity contribution in [3.05, 3.63) is 52.8 Å². The quantitative estimate of drug-likeness (QED) is 0.542. The van der Waals surface area contributed by atoms with E-state index in [-0.39, 0.29) is 11.8 Å². The van der Waals surface area contributed by atoms with Crippen LogP contribution in [0, 0.1) is 0 Å². The van der Waals surface area contributed by atoms with Gasteiger partial charge in [0.25, 0.3) is 5.91 Å². The van der Waals surface area contributed by atoms with Crippen molar-refractivity contribution in [2.75, 3.05) is 32.7 Å². The van der Waals surface area contributed by atoms with Crippen LogP contribution in [0.4, 0.5) is 5.82 Å². The molecule has 4 heterocycles. The molecule has 5 rings (SSSR count). The van der Waals surface area contributed by atoms with Crippen LogP contribution in [0.2, 0.25) is 0 Å². The van der Waals surface area contributed by atoms with Crippen molar-refractivity contribution in [2.24, 2.45) is 0 Å². The molecular weight excluding hydrogens is 460 g/mol. The van der Waals surface area contributed by atoms with Crippen LogP contribution in [0.3, 0.4) is 0 Å². The topological polar surface area (TPSA) is 111 Å². The molecular formula is C26H30N6O4. The highest BCUT2D eigenvalue weighted by atomic mass is 16.5. The average molecular weight is 491 g/mol. The number of pyridine rings is 1. The molecule has 3 aromatic rings. The van der Waals surface area contributed by atoms with Crippen molar-refractivity contribution in [1.82, 2.24) is 24.6 Å². The van der Waals surface area contributed by atoms with Gasteiger partial charge in [-0.15, -0.1) is 10.2 Å². The van der Waals surface area contributed by atoms with Crippen LogP contribution >= 0.6 is 0 Å². The van der Waals surface area contributed by atoms with Gasteiger partial charge in [0.2, 0.25) is 5.91 Å². The Balaban J connectivity index is 1.36. The molecule has 2 amide bonds. The fourth-order valence-electron chi connectivity index (χ4n) is 4.80. The van der Waals surface area contributed by atoms with Crippen LogP contribution < -0.4 is 10.1 Å². The summed E-state index contributed by atoms with van der Waals surface area (Å²) >= 11 is 0. The third-order valence-corrected chi connectivity index (χ3v) is 6.73. The number of nitrogens with one attached hydrogen (secondary N) is 1. The maximum absolute atomic E-state index is 13.3. The SMILES string of the molecule is COCCC(=O)N1CCc2cc(OC)c(C(=O)Nc3cccc(-c4nnc5n4CCCC5)n3)cc2C1. The van der Waals surface area contributed by atoms with E-state index >= 15 is 0 Å². The maximum Gasteiger partial charge on any atom is 0.260 e. The minimum absolute atomic E-state index is 0.0426. The Morgan fingerprint density at radius 1 is 1.06 bits per heavy atom. The number of amides is 2. The van der Waals surface area contributed by atoms with Gasteiger partial charge < -0.3 is 24.3 Å². The second-order valence-electron chi connectivity index (χ2n) is 9.04. The largest absolute Gasteiger partial charge is 0.496 e. The van der Waals surface area contributed by atoms with Gasteiger partial charge in [-0.2, -0.15) is 0 Å². The molecule has 0 saturated heterocycles. The van der Waals surface area contributed by atoms with Crippen LogP contribution in [0.15, 0.2) is 30.3 Å². The number of fused-ring (bicyclic) bond motifs is 2. The van der Waals surface area contributed by atoms with E-state index in [0.29, 0.717) is 61.2 Å². The molecule has 0 spiro atoms. The molecule has 10 heteroatoms. The smallest absolute Gasteiger partial charge is 0.260 e. The number of hydrogen-bond acceptors (Lipinski definition) is 7. The molecule has 2 aliphatic rings. The maximum atomic E-state index is 13.3. The van der Waals surface area contributed by atoms with Gasteiger partial charge in [0.1, 0.15) is 23.1 Å². The lowest BCUT2D eigenvalue weighted by Gasteiger charge is -2.29. The van der Waals surface area contributed by atoms with Crippen LogP contribution in [0.1, 0.15) is 46.6 Å². The van der Waals surface area contributed by atoms with Crippen molar-refractivity contribution in [3.63, 3.8) is 0 Å². The molecule has 2 aromatic heterocycles. The Morgan fingerprint density at radius 2 is 1.94 bits per heavy atom. The second kappa shape index (κ2) is 10.4. The molecule has 188 valence electrons. The van der Waals surface area contributed by atoms with Gasteiger partial charge in [0.05, 0.1) is 25.7 Å². The first-order valence-corrected chi connectivity index (χ1v) is 12.2. The van der Waals surface area contributed by atoms with Crippen molar-refractivity contribution >= 4 is 17.6 Å². The number of methoxy groups -OCH3 is 2. The molecule has 0 bridgehead atoms. The molecule has 1 N–H and O–H groups in total. The van der Waals surface area contributed by atoms with Crippen molar-refractivity contribution in [1.29, 1.82) is 0 Å². The van der Waals surface area contributed by atoms with Crippen molar-refractivity contribution in [2.45, 2.75) is 45.2 Å². The first kappa shape index (κ1) is 23.9. The fraction of sp³-hybridized carbons (Fsp3) is 0.423. The summed E-state index contributed by atoms with van der Waals surface area (Å²) in [5, 5.41) is 11.5. The summed E-state index contributed by atoms with van der Waals surface area (Å²) in [6, 6.07) is 9.17. The van der Waals surface area contributed by atoms with Gasteiger partial charge >= 0.3 is 0 Å². The molecule has 0 saturated carbocycles. The minimum Gasteiger partial charge on any atom is -0.496 e. The molecule has 36 heavy (non-hydrogen) atoms. The van der Waals surface area contributed by atoms with Gasteiger partial charge in [0, 0.05) is 33.2 Å². The number of carbonyl (C=O) groups excluding carboxylic acids is 2. The first-order valence-electron chi connectivity index (χ1n) is 12.2. The Bertz CT molecular complexity index is 1290. The number of rotatable bonds is 7. The van der Waals surface area contributed by atoms with Crippen molar-refractivity contribution < 1.29 is 19.1 Å². The number of aromatic nitrogens is 4. The molecule has 1 aromatic carbocycles. The Hall–Kier alpha value is -3.79. The lowest BCUT2D eigenvalue weighted by molar-refractivity contribution is -0.133. The number of nitrogens with zero attached hydrogens (tertiary/aromatic N) is 5. The number of anilines is 1. The predicted molar refractivity (Wildman–Crippen MR) is 133 cm³/mol. The van der Waals surface area contributed by atoms with Gasteiger partial charge in [-0.25, -0.2) is 4.98 Å². The predicted octanol–water partition coefficient (Wildman–Crippen LogP) is 2.86. The summed E-state index contributed by atoms with van der Waals surface area (Å²) in [5.41, 5.74) is 3.08. The van der Waals surface area contributed by atoms with E-state index in [0.717, 1.165) is 42.8 Å². The highest BCUT2D eigenvalue weighted by molar-refractivity contribution is 6.06. The van der Waals surface area contributed by atoms with Crippen LogP contribution in [0.5, 0.6) is 5.75 Å². The zero-order valence-electron chi connectivity index (χ0n) is 20.6. The average Bonchev–Trinajstić information content (AvgIpc) is 3.35. The second-order valence-corrected chi connectivity index (χ2v) is 9.04. The van der Waals surface area contributed by atoms with Gasteiger partial charge in [-0.3, -0.25) is 9.59 Å². The number of benzene rings is 1. The minimum atomic E-state index is -0.328. The summed E-state index contributed by atoms with van der Waals surface area (Å²) < 4.78 is 12.7. The van der Waals surface area contributed by atoms with E-state index in [1.807, 2.05) is 24.3 Å². The fourth-order valence-corrected chi connectivity index (χ4v) is 4.80. The van der Waals surface area contributed by atoms with E-state index in [1.54, 1.807) is 25.2 Å². The summed E-state index contributed by atoms with van der Waals surface area (Å²) in [5.74, 6) is 2.31. The van der Waals surface area contributed by atoms with Crippen LogP contribution in [-0.2, 0) is 35.5 Å². The number of aryl methyl sites for hydroxylation is 1. The zero-order chi connectivity index (χ0) is 25.1. The molecule has 0 fully saturated rings. The number of hydrogen-bond donors (Lipinski definition) is 1. The standard InChI is InChI=1S/C26H30N6O4/c1-35-13-10-24(33)31-12-9-17-15-21(36-2)19(14-18(17)16-31)26(34)28-22-7-5-6-20(27-22)25-30-29-23-8-3-4-11-32(23)25/h5-7,14-15H,3-4,8-13,16H2,1-2H3,(H,27,28,34). The van der Waals surface area contributed by atoms with E-state index < -0.39 is 0 Å². The molecule has 0 radical (unpaired) electrons. The highest BCUT2D eigenvalue weighted by Gasteiger charge is 2.25. The highest BCUT2D eigenvalue weighted by Crippen LogP contribution is 2.29. The number of carbonyl (C=O) groups is 2. The summed E-state index contributed by atoms with van der Waals surface area (Å²) in [6.45, 7) is 2.34. The van der Waals surface area contributed by atoms with Crippen molar-refractivity contribution in [3.8, 4) is 17.3 Å². The molecule has 0 aliphatic carbocycles. The van der Waals surface area contributed by atoms with E-state index in [9.17, 15) is 9.59 Å². The van der Waals surface area contributed by atoms with Crippen LogP contribution in [0.25, 0.3) is 11.5 Å². The molecule has 2 aliphatic heterocycles. The summed E-state index contributed by atoms with van der Waals surface area (Å²) in [7, 11) is 3.13. The normalized spacial score (nSPS) is 14.7. The zero-order valence-corrected chi connectivity index (χ0v) is 20.6. The summed E-state index contributed by atoms with van der Waals surface area (Å²) in [6.07, 6.45) is 4.16.